The van der Waals surface area contributed by atoms with Crippen LogP contribution in [0.25, 0.3) is 0 Å². The first-order valence-corrected chi connectivity index (χ1v) is 9.26. The van der Waals surface area contributed by atoms with E-state index in [0.29, 0.717) is 12.0 Å². The van der Waals surface area contributed by atoms with Gasteiger partial charge in [0.15, 0.2) is 11.0 Å². The van der Waals surface area contributed by atoms with E-state index < -0.39 is 16.9 Å². The van der Waals surface area contributed by atoms with Gasteiger partial charge in [-0.05, 0) is 19.1 Å². The number of ether oxygens (including phenoxy) is 1. The van der Waals surface area contributed by atoms with E-state index >= 15 is 0 Å². The van der Waals surface area contributed by atoms with Crippen LogP contribution in [0.4, 0.5) is 5.69 Å². The molecule has 0 N–H and O–H groups in total. The number of fused-ring (bicyclic) bond motifs is 3. The third-order valence-electron chi connectivity index (χ3n) is 4.70. The monoisotopic (exact) mass is 367 g/mol. The van der Waals surface area contributed by atoms with E-state index in [1.807, 2.05) is 30.3 Å². The highest BCUT2D eigenvalue weighted by Crippen LogP contribution is 2.56. The van der Waals surface area contributed by atoms with Crippen molar-refractivity contribution in [2.75, 3.05) is 4.90 Å². The molecule has 0 bridgehead atoms. The third-order valence-corrected chi connectivity index (χ3v) is 6.16. The van der Waals surface area contributed by atoms with Crippen molar-refractivity contribution in [2.45, 2.75) is 35.6 Å². The highest BCUT2D eigenvalue weighted by Gasteiger charge is 2.58. The van der Waals surface area contributed by atoms with E-state index in [0.717, 1.165) is 10.6 Å². The van der Waals surface area contributed by atoms with Crippen LogP contribution in [0.5, 0.6) is 0 Å². The second-order valence-electron chi connectivity index (χ2n) is 6.36. The van der Waals surface area contributed by atoms with E-state index in [-0.39, 0.29) is 18.1 Å². The number of nitrogens with zero attached hydrogens (tertiary/aromatic N) is 1. The number of hydrogen-bond acceptors (Lipinski definition) is 5. The number of rotatable bonds is 4. The standard InChI is InChI=1S/C20H17NO4S/c1-13(18(23)14-7-3-2-4-8-14)25-19(24)20-12-11-17(22)21(20)15-9-5-6-10-16(15)26-20/h2-10,13H,11-12H2,1H3/t13-,20+/m1/s1. The van der Waals surface area contributed by atoms with E-state index in [1.165, 1.54) is 16.7 Å². The second kappa shape index (κ2) is 6.29. The van der Waals surface area contributed by atoms with Crippen LogP contribution in [-0.2, 0) is 14.3 Å². The van der Waals surface area contributed by atoms with Crippen molar-refractivity contribution >= 4 is 35.1 Å². The van der Waals surface area contributed by atoms with Gasteiger partial charge in [-0.25, -0.2) is 4.79 Å². The summed E-state index contributed by atoms with van der Waals surface area (Å²) in [5, 5.41) is 0. The van der Waals surface area contributed by atoms with Crippen molar-refractivity contribution in [3.8, 4) is 0 Å². The molecule has 2 heterocycles. The summed E-state index contributed by atoms with van der Waals surface area (Å²) in [4.78, 5) is 39.2. The van der Waals surface area contributed by atoms with Crippen molar-refractivity contribution in [1.29, 1.82) is 0 Å². The predicted octanol–water partition coefficient (Wildman–Crippen LogP) is 3.43. The smallest absolute Gasteiger partial charge is 0.344 e. The lowest BCUT2D eigenvalue weighted by molar-refractivity contribution is -0.149. The molecule has 0 radical (unpaired) electrons. The lowest BCUT2D eigenvalue weighted by Gasteiger charge is -2.29. The highest BCUT2D eigenvalue weighted by atomic mass is 32.2. The maximum absolute atomic E-state index is 13.0. The summed E-state index contributed by atoms with van der Waals surface area (Å²) in [5.41, 5.74) is 1.23. The fraction of sp³-hybridized carbons (Fsp3) is 0.250. The fourth-order valence-electron chi connectivity index (χ4n) is 3.42. The Morgan fingerprint density at radius 2 is 1.81 bits per heavy atom. The van der Waals surface area contributed by atoms with Gasteiger partial charge in [0, 0.05) is 23.3 Å². The lowest BCUT2D eigenvalue weighted by atomic mass is 10.1. The number of hydrogen-bond donors (Lipinski definition) is 0. The van der Waals surface area contributed by atoms with Crippen LogP contribution in [0, 0.1) is 0 Å². The Hall–Kier alpha value is -2.60. The van der Waals surface area contributed by atoms with Gasteiger partial charge in [-0.2, -0.15) is 0 Å². The van der Waals surface area contributed by atoms with E-state index in [2.05, 4.69) is 0 Å². The van der Waals surface area contributed by atoms with E-state index in [9.17, 15) is 14.4 Å². The molecule has 0 aliphatic carbocycles. The van der Waals surface area contributed by atoms with Crippen molar-refractivity contribution in [2.24, 2.45) is 0 Å². The predicted molar refractivity (Wildman–Crippen MR) is 98.1 cm³/mol. The largest absolute Gasteiger partial charge is 0.452 e. The zero-order valence-electron chi connectivity index (χ0n) is 14.2. The number of para-hydroxylation sites is 1. The second-order valence-corrected chi connectivity index (χ2v) is 7.68. The summed E-state index contributed by atoms with van der Waals surface area (Å²) < 4.78 is 5.53. The molecule has 26 heavy (non-hydrogen) atoms. The normalized spacial score (nSPS) is 21.9. The number of esters is 1. The van der Waals surface area contributed by atoms with Gasteiger partial charge in [0.05, 0.1) is 5.69 Å². The van der Waals surface area contributed by atoms with Gasteiger partial charge in [-0.1, -0.05) is 54.2 Å². The molecule has 1 fully saturated rings. The number of carbonyl (C=O) groups is 3. The molecule has 0 saturated carbocycles. The topological polar surface area (TPSA) is 63.7 Å². The van der Waals surface area contributed by atoms with Crippen LogP contribution in [0.15, 0.2) is 59.5 Å². The Morgan fingerprint density at radius 3 is 2.58 bits per heavy atom. The first-order valence-electron chi connectivity index (χ1n) is 8.44. The summed E-state index contributed by atoms with van der Waals surface area (Å²) in [6, 6.07) is 16.2. The molecule has 0 aromatic heterocycles. The minimum absolute atomic E-state index is 0.0959. The molecule has 0 spiro atoms. The van der Waals surface area contributed by atoms with Gasteiger partial charge < -0.3 is 4.74 Å². The van der Waals surface area contributed by atoms with E-state index in [1.54, 1.807) is 31.2 Å². The van der Waals surface area contributed by atoms with Crippen LogP contribution in [0.2, 0.25) is 0 Å². The summed E-state index contributed by atoms with van der Waals surface area (Å²) in [6.07, 6.45) is -0.255. The third kappa shape index (κ3) is 2.52. The molecule has 132 valence electrons. The zero-order valence-corrected chi connectivity index (χ0v) is 15.0. The number of Topliss-reactive ketones (excluding diaryl/α,β-unsaturated/α-hetero) is 1. The summed E-state index contributed by atoms with van der Waals surface area (Å²) >= 11 is 1.33. The van der Waals surface area contributed by atoms with Crippen molar-refractivity contribution < 1.29 is 19.1 Å². The average Bonchev–Trinajstić information content (AvgIpc) is 3.17. The highest BCUT2D eigenvalue weighted by molar-refractivity contribution is 8.02. The molecular weight excluding hydrogens is 350 g/mol. The first kappa shape index (κ1) is 16.8. The van der Waals surface area contributed by atoms with Gasteiger partial charge in [0.1, 0.15) is 0 Å². The van der Waals surface area contributed by atoms with Crippen LogP contribution < -0.4 is 4.90 Å². The Morgan fingerprint density at radius 1 is 1.12 bits per heavy atom. The van der Waals surface area contributed by atoms with E-state index in [4.69, 9.17) is 4.74 Å². The summed E-state index contributed by atoms with van der Waals surface area (Å²) in [7, 11) is 0. The number of benzene rings is 2. The molecule has 2 aromatic carbocycles. The molecule has 0 unspecified atom stereocenters. The quantitative estimate of drug-likeness (QED) is 0.612. The number of amides is 1. The average molecular weight is 367 g/mol. The Labute approximate surface area is 155 Å². The molecule has 1 amide bonds. The molecule has 6 heteroatoms. The Balaban J connectivity index is 1.58. The van der Waals surface area contributed by atoms with Gasteiger partial charge in [-0.3, -0.25) is 14.5 Å². The molecule has 5 nitrogen and oxygen atoms in total. The molecule has 2 aliphatic rings. The molecule has 4 rings (SSSR count). The minimum Gasteiger partial charge on any atom is -0.452 e. The number of anilines is 1. The maximum atomic E-state index is 13.0. The van der Waals surface area contributed by atoms with Gasteiger partial charge >= 0.3 is 5.97 Å². The Kier molecular flexibility index (Phi) is 4.07. The van der Waals surface area contributed by atoms with Gasteiger partial charge in [0.25, 0.3) is 0 Å². The minimum atomic E-state index is -1.11. The maximum Gasteiger partial charge on any atom is 0.344 e. The number of carbonyl (C=O) groups excluding carboxylic acids is 3. The molecule has 2 aromatic rings. The van der Waals surface area contributed by atoms with Crippen molar-refractivity contribution in [3.05, 3.63) is 60.2 Å². The van der Waals surface area contributed by atoms with Crippen molar-refractivity contribution in [3.63, 3.8) is 0 Å². The fourth-order valence-corrected chi connectivity index (χ4v) is 4.82. The number of ketones is 1. The molecule has 2 atom stereocenters. The van der Waals surface area contributed by atoms with Crippen LogP contribution in [0.3, 0.4) is 0 Å². The summed E-state index contributed by atoms with van der Waals surface area (Å²) in [5.74, 6) is -0.894. The van der Waals surface area contributed by atoms with Crippen LogP contribution >= 0.6 is 11.8 Å². The van der Waals surface area contributed by atoms with Crippen molar-refractivity contribution in [1.82, 2.24) is 0 Å². The molecule has 1 saturated heterocycles. The van der Waals surface area contributed by atoms with Crippen LogP contribution in [0.1, 0.15) is 30.1 Å². The van der Waals surface area contributed by atoms with Gasteiger partial charge in [-0.15, -0.1) is 0 Å². The molecular formula is C20H17NO4S. The summed E-state index contributed by atoms with van der Waals surface area (Å²) in [6.45, 7) is 1.57. The zero-order chi connectivity index (χ0) is 18.3. The number of thioether (sulfide) groups is 1. The molecule has 2 aliphatic heterocycles. The van der Waals surface area contributed by atoms with Gasteiger partial charge in [0.2, 0.25) is 11.7 Å². The van der Waals surface area contributed by atoms with Crippen LogP contribution in [-0.4, -0.2) is 28.6 Å². The Bertz CT molecular complexity index is 898. The SMILES string of the molecule is C[C@@H](OC(=O)[C@@]12CCC(=O)N1c1ccccc1S2)C(=O)c1ccccc1. The lowest BCUT2D eigenvalue weighted by Crippen LogP contribution is -2.49. The first-order chi connectivity index (χ1) is 12.5.